The second kappa shape index (κ2) is 5.68. The molecular weight excluding hydrogens is 262 g/mol. The first kappa shape index (κ1) is 13.2. The highest BCUT2D eigenvalue weighted by atomic mass is 16.1. The predicted octanol–water partition coefficient (Wildman–Crippen LogP) is 2.90. The van der Waals surface area contributed by atoms with Crippen molar-refractivity contribution in [1.82, 2.24) is 0 Å². The summed E-state index contributed by atoms with van der Waals surface area (Å²) in [6.07, 6.45) is 0.383. The molecule has 1 unspecified atom stereocenters. The average Bonchev–Trinajstić information content (AvgIpc) is 2.93. The number of hydrogen-bond donors (Lipinski definition) is 2. The van der Waals surface area contributed by atoms with Crippen molar-refractivity contribution in [2.24, 2.45) is 0 Å². The molecule has 0 saturated carbocycles. The smallest absolute Gasteiger partial charge is 0.233 e. The highest BCUT2D eigenvalue weighted by Gasteiger charge is 2.27. The molecule has 1 atom stereocenters. The predicted molar refractivity (Wildman–Crippen MR) is 82.1 cm³/mol. The summed E-state index contributed by atoms with van der Waals surface area (Å²) < 4.78 is 0. The van der Waals surface area contributed by atoms with Crippen LogP contribution in [0.3, 0.4) is 0 Å². The topological polar surface area (TPSA) is 64.9 Å². The van der Waals surface area contributed by atoms with E-state index < -0.39 is 0 Å². The Morgan fingerprint density at radius 1 is 1.24 bits per heavy atom. The number of amides is 1. The molecule has 2 aromatic carbocycles. The highest BCUT2D eigenvalue weighted by Crippen LogP contribution is 2.31. The first-order chi connectivity index (χ1) is 10.3. The maximum Gasteiger partial charge on any atom is 0.233 e. The zero-order valence-electron chi connectivity index (χ0n) is 11.5. The molecule has 2 aromatic rings. The van der Waals surface area contributed by atoms with Gasteiger partial charge >= 0.3 is 0 Å². The third kappa shape index (κ3) is 2.72. The quantitative estimate of drug-likeness (QED) is 0.906. The summed E-state index contributed by atoms with van der Waals surface area (Å²) in [4.78, 5) is 12.4. The lowest BCUT2D eigenvalue weighted by Gasteiger charge is -2.11. The van der Waals surface area contributed by atoms with Crippen molar-refractivity contribution in [3.05, 3.63) is 59.7 Å². The van der Waals surface area contributed by atoms with Gasteiger partial charge < -0.3 is 10.6 Å². The maximum absolute atomic E-state index is 12.4. The first-order valence-corrected chi connectivity index (χ1v) is 6.87. The third-order valence-electron chi connectivity index (χ3n) is 3.65. The Morgan fingerprint density at radius 3 is 2.76 bits per heavy atom. The summed E-state index contributed by atoms with van der Waals surface area (Å²) in [7, 11) is 0. The molecule has 21 heavy (non-hydrogen) atoms. The van der Waals surface area contributed by atoms with Crippen molar-refractivity contribution in [3.8, 4) is 6.07 Å². The minimum atomic E-state index is -0.167. The molecular formula is C17H15N3O. The number of rotatable bonds is 3. The summed E-state index contributed by atoms with van der Waals surface area (Å²) in [5.74, 6) is -0.180. The number of anilines is 2. The van der Waals surface area contributed by atoms with Gasteiger partial charge in [-0.05, 0) is 29.3 Å². The van der Waals surface area contributed by atoms with E-state index in [4.69, 9.17) is 5.26 Å². The minimum absolute atomic E-state index is 0.0134. The number of carbonyl (C=O) groups is 1. The molecule has 0 aliphatic carbocycles. The lowest BCUT2D eigenvalue weighted by Crippen LogP contribution is -2.22. The molecule has 1 aliphatic rings. The lowest BCUT2D eigenvalue weighted by atomic mass is 10.0. The number of para-hydroxylation sites is 1. The van der Waals surface area contributed by atoms with Crippen LogP contribution < -0.4 is 10.6 Å². The Hall–Kier alpha value is -2.80. The molecule has 0 fully saturated rings. The van der Waals surface area contributed by atoms with Gasteiger partial charge in [-0.1, -0.05) is 30.3 Å². The number of nitrogens with zero attached hydrogens (tertiary/aromatic N) is 1. The summed E-state index contributed by atoms with van der Waals surface area (Å²) in [5, 5.41) is 14.8. The van der Waals surface area contributed by atoms with Gasteiger partial charge in [-0.2, -0.15) is 5.26 Å². The van der Waals surface area contributed by atoms with Gasteiger partial charge in [-0.15, -0.1) is 0 Å². The Bertz CT molecular complexity index is 701. The molecule has 104 valence electrons. The van der Waals surface area contributed by atoms with Gasteiger partial charge in [-0.3, -0.25) is 4.79 Å². The average molecular weight is 277 g/mol. The lowest BCUT2D eigenvalue weighted by molar-refractivity contribution is -0.117. The molecule has 4 nitrogen and oxygen atoms in total. The van der Waals surface area contributed by atoms with E-state index in [0.29, 0.717) is 13.0 Å². The van der Waals surface area contributed by atoms with E-state index in [2.05, 4.69) is 16.7 Å². The molecule has 4 heteroatoms. The Labute approximate surface area is 123 Å². The SMILES string of the molecule is N#CCc1ccc(NC(=O)C2CNc3ccccc32)cc1. The van der Waals surface area contributed by atoms with Gasteiger partial charge in [0.1, 0.15) is 0 Å². The van der Waals surface area contributed by atoms with Crippen LogP contribution in [0.1, 0.15) is 17.0 Å². The van der Waals surface area contributed by atoms with Crippen molar-refractivity contribution >= 4 is 17.3 Å². The Kier molecular flexibility index (Phi) is 3.57. The fourth-order valence-electron chi connectivity index (χ4n) is 2.54. The van der Waals surface area contributed by atoms with E-state index in [0.717, 1.165) is 22.5 Å². The maximum atomic E-state index is 12.4. The van der Waals surface area contributed by atoms with Gasteiger partial charge in [0.05, 0.1) is 18.4 Å². The van der Waals surface area contributed by atoms with E-state index in [9.17, 15) is 4.79 Å². The van der Waals surface area contributed by atoms with Gasteiger partial charge in [0.2, 0.25) is 5.91 Å². The fraction of sp³-hybridized carbons (Fsp3) is 0.176. The second-order valence-corrected chi connectivity index (χ2v) is 5.04. The molecule has 0 radical (unpaired) electrons. The zero-order chi connectivity index (χ0) is 14.7. The van der Waals surface area contributed by atoms with Crippen molar-refractivity contribution < 1.29 is 4.79 Å². The van der Waals surface area contributed by atoms with Crippen molar-refractivity contribution in [2.75, 3.05) is 17.2 Å². The number of benzene rings is 2. The number of nitrogens with one attached hydrogen (secondary N) is 2. The first-order valence-electron chi connectivity index (χ1n) is 6.87. The molecule has 0 bridgehead atoms. The standard InChI is InChI=1S/C17H15N3O/c18-10-9-12-5-7-13(8-6-12)20-17(21)15-11-19-16-4-2-1-3-14(15)16/h1-8,15,19H,9,11H2,(H,20,21). The van der Waals surface area contributed by atoms with E-state index in [1.54, 1.807) is 0 Å². The van der Waals surface area contributed by atoms with Gasteiger partial charge in [0.25, 0.3) is 0 Å². The van der Waals surface area contributed by atoms with E-state index >= 15 is 0 Å². The zero-order valence-corrected chi connectivity index (χ0v) is 11.5. The number of carbonyl (C=O) groups excluding carboxylic acids is 1. The van der Waals surface area contributed by atoms with Crippen LogP contribution in [-0.2, 0) is 11.2 Å². The van der Waals surface area contributed by atoms with Crippen LogP contribution in [0.25, 0.3) is 0 Å². The molecule has 0 saturated heterocycles. The van der Waals surface area contributed by atoms with Gasteiger partial charge in [-0.25, -0.2) is 0 Å². The van der Waals surface area contributed by atoms with Crippen molar-refractivity contribution in [2.45, 2.75) is 12.3 Å². The summed E-state index contributed by atoms with van der Waals surface area (Å²) >= 11 is 0. The second-order valence-electron chi connectivity index (χ2n) is 5.04. The Balaban J connectivity index is 1.71. The fourth-order valence-corrected chi connectivity index (χ4v) is 2.54. The highest BCUT2D eigenvalue weighted by molar-refractivity contribution is 5.98. The molecule has 0 spiro atoms. The number of fused-ring (bicyclic) bond motifs is 1. The van der Waals surface area contributed by atoms with Crippen LogP contribution in [0.15, 0.2) is 48.5 Å². The summed E-state index contributed by atoms with van der Waals surface area (Å²) in [6, 6.07) is 17.4. The van der Waals surface area contributed by atoms with Crippen molar-refractivity contribution in [3.63, 3.8) is 0 Å². The molecule has 0 aromatic heterocycles. The molecule has 1 amide bonds. The van der Waals surface area contributed by atoms with Crippen LogP contribution in [0.4, 0.5) is 11.4 Å². The molecule has 1 aliphatic heterocycles. The van der Waals surface area contributed by atoms with Crippen LogP contribution in [-0.4, -0.2) is 12.5 Å². The summed E-state index contributed by atoms with van der Waals surface area (Å²) in [6.45, 7) is 0.623. The third-order valence-corrected chi connectivity index (χ3v) is 3.65. The van der Waals surface area contributed by atoms with Crippen LogP contribution in [0, 0.1) is 11.3 Å². The molecule has 3 rings (SSSR count). The van der Waals surface area contributed by atoms with E-state index in [1.807, 2.05) is 48.5 Å². The van der Waals surface area contributed by atoms with Crippen molar-refractivity contribution in [1.29, 1.82) is 5.26 Å². The van der Waals surface area contributed by atoms with Crippen LogP contribution in [0.5, 0.6) is 0 Å². The minimum Gasteiger partial charge on any atom is -0.384 e. The normalized spacial score (nSPS) is 15.7. The number of hydrogen-bond acceptors (Lipinski definition) is 3. The largest absolute Gasteiger partial charge is 0.384 e. The van der Waals surface area contributed by atoms with Crippen LogP contribution in [0.2, 0.25) is 0 Å². The van der Waals surface area contributed by atoms with Gasteiger partial charge in [0, 0.05) is 17.9 Å². The molecule has 2 N–H and O–H groups in total. The van der Waals surface area contributed by atoms with E-state index in [1.165, 1.54) is 0 Å². The van der Waals surface area contributed by atoms with Crippen LogP contribution >= 0.6 is 0 Å². The monoisotopic (exact) mass is 277 g/mol. The van der Waals surface area contributed by atoms with E-state index in [-0.39, 0.29) is 11.8 Å². The Morgan fingerprint density at radius 2 is 2.00 bits per heavy atom. The van der Waals surface area contributed by atoms with Gasteiger partial charge in [0.15, 0.2) is 0 Å². The number of nitriles is 1. The molecule has 1 heterocycles. The summed E-state index contributed by atoms with van der Waals surface area (Å²) in [5.41, 5.74) is 3.77.